The van der Waals surface area contributed by atoms with Crippen LogP contribution in [0.5, 0.6) is 0 Å². The van der Waals surface area contributed by atoms with E-state index in [4.69, 9.17) is 0 Å². The van der Waals surface area contributed by atoms with Crippen molar-refractivity contribution in [1.29, 1.82) is 0 Å². The number of rotatable bonds is 6. The predicted octanol–water partition coefficient (Wildman–Crippen LogP) is 3.20. The summed E-state index contributed by atoms with van der Waals surface area (Å²) in [6, 6.07) is 13.6. The van der Waals surface area contributed by atoms with Gasteiger partial charge >= 0.3 is 0 Å². The van der Waals surface area contributed by atoms with Crippen LogP contribution in [0.2, 0.25) is 0 Å². The highest BCUT2D eigenvalue weighted by molar-refractivity contribution is 7.90. The van der Waals surface area contributed by atoms with Crippen LogP contribution in [0.25, 0.3) is 10.9 Å². The quantitative estimate of drug-likeness (QED) is 0.527. The molecule has 0 saturated heterocycles. The molecule has 8 heteroatoms. The van der Waals surface area contributed by atoms with Crippen LogP contribution in [0.1, 0.15) is 5.56 Å². The van der Waals surface area contributed by atoms with Crippen LogP contribution in [-0.4, -0.2) is 31.1 Å². The molecule has 1 heterocycles. The first-order valence-electron chi connectivity index (χ1n) is 7.91. The summed E-state index contributed by atoms with van der Waals surface area (Å²) in [4.78, 5) is 15.0. The van der Waals surface area contributed by atoms with Gasteiger partial charge in [0, 0.05) is 30.4 Å². The largest absolute Gasteiger partial charge is 0.379 e. The molecule has 134 valence electrons. The maximum atomic E-state index is 11.6. The number of hydrogen-bond acceptors (Lipinski definition) is 6. The fourth-order valence-electron chi connectivity index (χ4n) is 2.74. The van der Waals surface area contributed by atoms with Crippen molar-refractivity contribution in [2.24, 2.45) is 0 Å². The number of nitrogens with zero attached hydrogens (tertiary/aromatic N) is 2. The normalized spacial score (nSPS) is 11.4. The lowest BCUT2D eigenvalue weighted by atomic mass is 10.1. The highest BCUT2D eigenvalue weighted by Crippen LogP contribution is 2.27. The molecule has 3 rings (SSSR count). The SMILES string of the molecule is CS(=O)(=O)c1ccc(NCCc2cccc3cccnc23)c([N+](=O)[O-])c1. The van der Waals surface area contributed by atoms with E-state index in [0.29, 0.717) is 13.0 Å². The van der Waals surface area contributed by atoms with Crippen LogP contribution in [0, 0.1) is 10.1 Å². The molecule has 0 atom stereocenters. The fraction of sp³-hybridized carbons (Fsp3) is 0.167. The molecule has 26 heavy (non-hydrogen) atoms. The van der Waals surface area contributed by atoms with Crippen molar-refractivity contribution in [2.45, 2.75) is 11.3 Å². The van der Waals surface area contributed by atoms with Gasteiger partial charge in [0.2, 0.25) is 0 Å². The molecular weight excluding hydrogens is 354 g/mol. The Balaban J connectivity index is 1.80. The number of fused-ring (bicyclic) bond motifs is 1. The lowest BCUT2D eigenvalue weighted by Gasteiger charge is -2.09. The molecule has 7 nitrogen and oxygen atoms in total. The number of nitrogens with one attached hydrogen (secondary N) is 1. The smallest absolute Gasteiger partial charge is 0.293 e. The number of sulfone groups is 1. The first-order chi connectivity index (χ1) is 12.4. The van der Waals surface area contributed by atoms with Gasteiger partial charge in [0.25, 0.3) is 5.69 Å². The maximum absolute atomic E-state index is 11.6. The minimum atomic E-state index is -3.50. The number of pyridine rings is 1. The Labute approximate surface area is 150 Å². The molecule has 0 amide bonds. The van der Waals surface area contributed by atoms with Crippen LogP contribution in [-0.2, 0) is 16.3 Å². The lowest BCUT2D eigenvalue weighted by Crippen LogP contribution is -2.08. The molecule has 0 aliphatic heterocycles. The Hall–Kier alpha value is -3.00. The molecule has 0 fully saturated rings. The van der Waals surface area contributed by atoms with E-state index in [-0.39, 0.29) is 16.3 Å². The van der Waals surface area contributed by atoms with E-state index in [1.54, 1.807) is 6.20 Å². The average molecular weight is 371 g/mol. The van der Waals surface area contributed by atoms with Gasteiger partial charge in [-0.2, -0.15) is 0 Å². The summed E-state index contributed by atoms with van der Waals surface area (Å²) >= 11 is 0. The minimum Gasteiger partial charge on any atom is -0.379 e. The van der Waals surface area contributed by atoms with E-state index in [9.17, 15) is 18.5 Å². The van der Waals surface area contributed by atoms with Crippen LogP contribution in [0.4, 0.5) is 11.4 Å². The molecule has 0 unspecified atom stereocenters. The van der Waals surface area contributed by atoms with Crippen LogP contribution >= 0.6 is 0 Å². The Bertz CT molecular complexity index is 1080. The van der Waals surface area contributed by atoms with Crippen LogP contribution in [0.3, 0.4) is 0 Å². The van der Waals surface area contributed by atoms with E-state index in [1.165, 1.54) is 12.1 Å². The van der Waals surface area contributed by atoms with Gasteiger partial charge in [0.05, 0.1) is 15.3 Å². The second-order valence-corrected chi connectivity index (χ2v) is 7.89. The molecule has 3 aromatic rings. The number of hydrogen-bond donors (Lipinski definition) is 1. The Morgan fingerprint density at radius 2 is 1.92 bits per heavy atom. The van der Waals surface area contributed by atoms with Gasteiger partial charge in [-0.1, -0.05) is 24.3 Å². The first kappa shape index (κ1) is 17.8. The van der Waals surface area contributed by atoms with Crippen LogP contribution in [0.15, 0.2) is 59.6 Å². The summed E-state index contributed by atoms with van der Waals surface area (Å²) in [5.74, 6) is 0. The van der Waals surface area contributed by atoms with E-state index < -0.39 is 14.8 Å². The molecule has 1 aromatic heterocycles. The number of aromatic nitrogens is 1. The Kier molecular flexibility index (Phi) is 4.85. The predicted molar refractivity (Wildman–Crippen MR) is 100 cm³/mol. The standard InChI is InChI=1S/C18H17N3O4S/c1-26(24,25)15-7-8-16(17(12-15)21(22)23)19-11-9-14-5-2-4-13-6-3-10-20-18(13)14/h2-8,10,12,19H,9,11H2,1H3. The van der Waals surface area contributed by atoms with Gasteiger partial charge in [-0.15, -0.1) is 0 Å². The monoisotopic (exact) mass is 371 g/mol. The Morgan fingerprint density at radius 3 is 2.65 bits per heavy atom. The van der Waals surface area contributed by atoms with Gasteiger partial charge in [0.1, 0.15) is 5.69 Å². The zero-order valence-corrected chi connectivity index (χ0v) is 14.9. The molecule has 2 aromatic carbocycles. The summed E-state index contributed by atoms with van der Waals surface area (Å²) < 4.78 is 23.2. The third-order valence-electron chi connectivity index (χ3n) is 4.02. The molecule has 0 radical (unpaired) electrons. The van der Waals surface area contributed by atoms with Gasteiger partial charge in [-0.05, 0) is 30.2 Å². The second kappa shape index (κ2) is 7.09. The highest BCUT2D eigenvalue weighted by atomic mass is 32.2. The lowest BCUT2D eigenvalue weighted by molar-refractivity contribution is -0.384. The van der Waals surface area contributed by atoms with Gasteiger partial charge in [-0.3, -0.25) is 15.1 Å². The molecule has 1 N–H and O–H groups in total. The zero-order chi connectivity index (χ0) is 18.7. The third kappa shape index (κ3) is 3.80. The van der Waals surface area contributed by atoms with Crippen molar-refractivity contribution in [3.8, 4) is 0 Å². The maximum Gasteiger partial charge on any atom is 0.293 e. The average Bonchev–Trinajstić information content (AvgIpc) is 2.61. The summed E-state index contributed by atoms with van der Waals surface area (Å²) in [6.45, 7) is 0.453. The summed E-state index contributed by atoms with van der Waals surface area (Å²) in [5, 5.41) is 15.3. The minimum absolute atomic E-state index is 0.0759. The van der Waals surface area contributed by atoms with Crippen molar-refractivity contribution in [1.82, 2.24) is 4.98 Å². The van der Waals surface area contributed by atoms with Gasteiger partial charge in [-0.25, -0.2) is 8.42 Å². The van der Waals surface area contributed by atoms with Crippen molar-refractivity contribution in [3.63, 3.8) is 0 Å². The van der Waals surface area contributed by atoms with Crippen molar-refractivity contribution < 1.29 is 13.3 Å². The number of anilines is 1. The summed E-state index contributed by atoms with van der Waals surface area (Å²) in [7, 11) is -3.50. The topological polar surface area (TPSA) is 102 Å². The van der Waals surface area contributed by atoms with E-state index in [2.05, 4.69) is 10.3 Å². The van der Waals surface area contributed by atoms with Crippen molar-refractivity contribution in [2.75, 3.05) is 18.1 Å². The van der Waals surface area contributed by atoms with E-state index in [0.717, 1.165) is 28.8 Å². The van der Waals surface area contributed by atoms with E-state index in [1.807, 2.05) is 30.3 Å². The summed E-state index contributed by atoms with van der Waals surface area (Å²) in [5.41, 5.74) is 1.96. The zero-order valence-electron chi connectivity index (χ0n) is 14.0. The fourth-order valence-corrected chi connectivity index (χ4v) is 3.38. The Morgan fingerprint density at radius 1 is 1.15 bits per heavy atom. The van der Waals surface area contributed by atoms with Gasteiger partial charge in [0.15, 0.2) is 9.84 Å². The first-order valence-corrected chi connectivity index (χ1v) is 9.80. The van der Waals surface area contributed by atoms with Gasteiger partial charge < -0.3 is 5.32 Å². The number of nitro groups is 1. The number of nitro benzene ring substituents is 1. The van der Waals surface area contributed by atoms with E-state index >= 15 is 0 Å². The van der Waals surface area contributed by atoms with Crippen LogP contribution < -0.4 is 5.32 Å². The number of para-hydroxylation sites is 1. The molecule has 0 aliphatic rings. The molecule has 0 spiro atoms. The second-order valence-electron chi connectivity index (χ2n) is 5.88. The summed E-state index contributed by atoms with van der Waals surface area (Å²) in [6.07, 6.45) is 3.38. The molecular formula is C18H17N3O4S. The number of benzene rings is 2. The molecule has 0 bridgehead atoms. The van der Waals surface area contributed by atoms with Crippen molar-refractivity contribution >= 4 is 32.1 Å². The third-order valence-corrected chi connectivity index (χ3v) is 5.13. The molecule has 0 aliphatic carbocycles. The van der Waals surface area contributed by atoms with Crippen molar-refractivity contribution in [3.05, 3.63) is 70.4 Å². The molecule has 0 saturated carbocycles. The highest BCUT2D eigenvalue weighted by Gasteiger charge is 2.18.